The van der Waals surface area contributed by atoms with Crippen molar-refractivity contribution in [2.75, 3.05) is 11.9 Å². The molecule has 0 radical (unpaired) electrons. The molecule has 1 aromatic rings. The molecule has 0 aliphatic carbocycles. The van der Waals surface area contributed by atoms with Crippen LogP contribution in [0, 0.1) is 0 Å². The lowest BCUT2D eigenvalue weighted by atomic mass is 10.1. The minimum absolute atomic E-state index is 0.131. The third kappa shape index (κ3) is 3.64. The van der Waals surface area contributed by atoms with Gasteiger partial charge in [0.1, 0.15) is 0 Å². The van der Waals surface area contributed by atoms with Crippen molar-refractivity contribution in [1.29, 1.82) is 0 Å². The standard InChI is InChI=1S/C12H18N2O2/c1-2-11(13)12(16)14-10-5-3-9(4-6-10)7-8-15/h3-6,11,15H,2,7-8,13H2,1H3,(H,14,16)/t11-/m1/s1. The Labute approximate surface area is 95.5 Å². The molecule has 0 spiro atoms. The number of nitrogens with two attached hydrogens (primary N) is 1. The van der Waals surface area contributed by atoms with E-state index >= 15 is 0 Å². The third-order valence-electron chi connectivity index (χ3n) is 2.40. The van der Waals surface area contributed by atoms with Gasteiger partial charge in [-0.15, -0.1) is 0 Å². The Morgan fingerprint density at radius 2 is 2.06 bits per heavy atom. The molecular weight excluding hydrogens is 204 g/mol. The van der Waals surface area contributed by atoms with Crippen LogP contribution >= 0.6 is 0 Å². The Balaban J connectivity index is 2.58. The van der Waals surface area contributed by atoms with Crippen molar-refractivity contribution < 1.29 is 9.90 Å². The average molecular weight is 222 g/mol. The van der Waals surface area contributed by atoms with E-state index in [0.717, 1.165) is 11.3 Å². The van der Waals surface area contributed by atoms with Crippen LogP contribution in [0.1, 0.15) is 18.9 Å². The molecule has 1 aromatic carbocycles. The summed E-state index contributed by atoms with van der Waals surface area (Å²) in [4.78, 5) is 11.5. The van der Waals surface area contributed by atoms with E-state index in [9.17, 15) is 4.79 Å². The predicted octanol–water partition coefficient (Wildman–Crippen LogP) is 0.897. The number of aliphatic hydroxyl groups excluding tert-OH is 1. The van der Waals surface area contributed by atoms with E-state index in [2.05, 4.69) is 5.32 Å². The van der Waals surface area contributed by atoms with Gasteiger partial charge in [-0.3, -0.25) is 4.79 Å². The molecule has 1 amide bonds. The van der Waals surface area contributed by atoms with Gasteiger partial charge in [-0.2, -0.15) is 0 Å². The van der Waals surface area contributed by atoms with Gasteiger partial charge in [0.25, 0.3) is 0 Å². The Hall–Kier alpha value is -1.39. The van der Waals surface area contributed by atoms with Crippen molar-refractivity contribution in [2.45, 2.75) is 25.8 Å². The highest BCUT2D eigenvalue weighted by Crippen LogP contribution is 2.10. The predicted molar refractivity (Wildman–Crippen MR) is 64.1 cm³/mol. The fraction of sp³-hybridized carbons (Fsp3) is 0.417. The maximum absolute atomic E-state index is 11.5. The number of hydrogen-bond donors (Lipinski definition) is 3. The van der Waals surface area contributed by atoms with Gasteiger partial charge in [0.05, 0.1) is 6.04 Å². The number of nitrogens with one attached hydrogen (secondary N) is 1. The minimum Gasteiger partial charge on any atom is -0.396 e. The Bertz CT molecular complexity index is 335. The van der Waals surface area contributed by atoms with Gasteiger partial charge < -0.3 is 16.2 Å². The number of benzene rings is 1. The highest BCUT2D eigenvalue weighted by molar-refractivity contribution is 5.94. The summed E-state index contributed by atoms with van der Waals surface area (Å²) >= 11 is 0. The van der Waals surface area contributed by atoms with E-state index in [1.165, 1.54) is 0 Å². The van der Waals surface area contributed by atoms with Gasteiger partial charge in [-0.05, 0) is 30.5 Å². The molecule has 0 unspecified atom stereocenters. The van der Waals surface area contributed by atoms with Gasteiger partial charge in [-0.25, -0.2) is 0 Å². The summed E-state index contributed by atoms with van der Waals surface area (Å²) < 4.78 is 0. The Kier molecular flexibility index (Phi) is 4.95. The molecule has 4 heteroatoms. The van der Waals surface area contributed by atoms with Crippen LogP contribution in [0.15, 0.2) is 24.3 Å². The molecule has 0 bridgehead atoms. The van der Waals surface area contributed by atoms with Crippen LogP contribution in [0.2, 0.25) is 0 Å². The number of carbonyl (C=O) groups is 1. The first-order chi connectivity index (χ1) is 7.67. The van der Waals surface area contributed by atoms with Gasteiger partial charge >= 0.3 is 0 Å². The highest BCUT2D eigenvalue weighted by Gasteiger charge is 2.10. The van der Waals surface area contributed by atoms with Crippen LogP contribution in [-0.2, 0) is 11.2 Å². The quantitative estimate of drug-likeness (QED) is 0.692. The van der Waals surface area contributed by atoms with Gasteiger partial charge in [0.15, 0.2) is 0 Å². The van der Waals surface area contributed by atoms with Crippen LogP contribution in [-0.4, -0.2) is 23.7 Å². The normalized spacial score (nSPS) is 12.2. The van der Waals surface area contributed by atoms with Crippen LogP contribution in [0.5, 0.6) is 0 Å². The van der Waals surface area contributed by atoms with Crippen molar-refractivity contribution in [3.63, 3.8) is 0 Å². The molecule has 0 heterocycles. The number of carbonyl (C=O) groups excluding carboxylic acids is 1. The topological polar surface area (TPSA) is 75.4 Å². The van der Waals surface area contributed by atoms with E-state index in [-0.39, 0.29) is 12.5 Å². The van der Waals surface area contributed by atoms with Crippen molar-refractivity contribution >= 4 is 11.6 Å². The second-order valence-electron chi connectivity index (χ2n) is 3.67. The lowest BCUT2D eigenvalue weighted by molar-refractivity contribution is -0.117. The van der Waals surface area contributed by atoms with E-state index in [4.69, 9.17) is 10.8 Å². The molecule has 0 fully saturated rings. The molecule has 88 valence electrons. The highest BCUT2D eigenvalue weighted by atomic mass is 16.2. The second kappa shape index (κ2) is 6.25. The average Bonchev–Trinajstić information content (AvgIpc) is 2.31. The summed E-state index contributed by atoms with van der Waals surface area (Å²) in [6.45, 7) is 2.00. The third-order valence-corrected chi connectivity index (χ3v) is 2.40. The molecule has 0 saturated carbocycles. The fourth-order valence-corrected chi connectivity index (χ4v) is 1.30. The summed E-state index contributed by atoms with van der Waals surface area (Å²) in [7, 11) is 0. The number of hydrogen-bond acceptors (Lipinski definition) is 3. The largest absolute Gasteiger partial charge is 0.396 e. The first-order valence-electron chi connectivity index (χ1n) is 5.43. The smallest absolute Gasteiger partial charge is 0.241 e. The molecule has 0 aromatic heterocycles. The zero-order valence-corrected chi connectivity index (χ0v) is 9.44. The van der Waals surface area contributed by atoms with E-state index in [1.54, 1.807) is 0 Å². The van der Waals surface area contributed by atoms with Crippen LogP contribution in [0.4, 0.5) is 5.69 Å². The molecule has 1 rings (SSSR count). The number of rotatable bonds is 5. The van der Waals surface area contributed by atoms with Crippen LogP contribution in [0.3, 0.4) is 0 Å². The Morgan fingerprint density at radius 3 is 2.56 bits per heavy atom. The second-order valence-corrected chi connectivity index (χ2v) is 3.67. The van der Waals surface area contributed by atoms with Gasteiger partial charge in [0, 0.05) is 12.3 Å². The zero-order valence-electron chi connectivity index (χ0n) is 9.44. The molecule has 4 nitrogen and oxygen atoms in total. The van der Waals surface area contributed by atoms with Gasteiger partial charge in [0.2, 0.25) is 5.91 Å². The van der Waals surface area contributed by atoms with Gasteiger partial charge in [-0.1, -0.05) is 19.1 Å². The van der Waals surface area contributed by atoms with E-state index < -0.39 is 6.04 Å². The van der Waals surface area contributed by atoms with Crippen molar-refractivity contribution in [2.24, 2.45) is 5.73 Å². The fourth-order valence-electron chi connectivity index (χ4n) is 1.30. The summed E-state index contributed by atoms with van der Waals surface area (Å²) in [5, 5.41) is 11.5. The maximum Gasteiger partial charge on any atom is 0.241 e. The molecule has 0 aliphatic rings. The molecular formula is C12H18N2O2. The zero-order chi connectivity index (χ0) is 12.0. The molecule has 4 N–H and O–H groups in total. The van der Waals surface area contributed by atoms with Crippen molar-refractivity contribution in [1.82, 2.24) is 0 Å². The first kappa shape index (κ1) is 12.7. The number of anilines is 1. The molecule has 0 aliphatic heterocycles. The lowest BCUT2D eigenvalue weighted by Gasteiger charge is -2.10. The number of amides is 1. The van der Waals surface area contributed by atoms with Crippen LogP contribution < -0.4 is 11.1 Å². The SMILES string of the molecule is CC[C@@H](N)C(=O)Nc1ccc(CCO)cc1. The summed E-state index contributed by atoms with van der Waals surface area (Å²) in [6, 6.07) is 6.92. The maximum atomic E-state index is 11.5. The summed E-state index contributed by atoms with van der Waals surface area (Å²) in [6.07, 6.45) is 1.25. The van der Waals surface area contributed by atoms with Crippen molar-refractivity contribution in [3.05, 3.63) is 29.8 Å². The first-order valence-corrected chi connectivity index (χ1v) is 5.43. The van der Waals surface area contributed by atoms with Crippen LogP contribution in [0.25, 0.3) is 0 Å². The minimum atomic E-state index is -0.461. The summed E-state index contributed by atoms with van der Waals surface area (Å²) in [5.41, 5.74) is 7.37. The molecule has 0 saturated heterocycles. The lowest BCUT2D eigenvalue weighted by Crippen LogP contribution is -2.34. The Morgan fingerprint density at radius 1 is 1.44 bits per heavy atom. The summed E-state index contributed by atoms with van der Waals surface area (Å²) in [5.74, 6) is -0.169. The molecule has 1 atom stereocenters. The van der Waals surface area contributed by atoms with Crippen molar-refractivity contribution in [3.8, 4) is 0 Å². The van der Waals surface area contributed by atoms with E-state index in [1.807, 2.05) is 31.2 Å². The monoisotopic (exact) mass is 222 g/mol. The number of aliphatic hydroxyl groups is 1. The van der Waals surface area contributed by atoms with E-state index in [0.29, 0.717) is 12.8 Å². The molecule has 16 heavy (non-hydrogen) atoms.